The first-order valence-electron chi connectivity index (χ1n) is 5.79. The Morgan fingerprint density at radius 1 is 1.26 bits per heavy atom. The second-order valence-corrected chi connectivity index (χ2v) is 4.89. The summed E-state index contributed by atoms with van der Waals surface area (Å²) in [5, 5.41) is 0.614. The van der Waals surface area contributed by atoms with Crippen LogP contribution in [-0.4, -0.2) is 28.6 Å². The van der Waals surface area contributed by atoms with E-state index in [2.05, 4.69) is 9.97 Å². The smallest absolute Gasteiger partial charge is 0.188 e. The van der Waals surface area contributed by atoms with Crippen LogP contribution in [0.4, 0.5) is 0 Å². The van der Waals surface area contributed by atoms with E-state index in [-0.39, 0.29) is 5.78 Å². The van der Waals surface area contributed by atoms with Gasteiger partial charge in [0.15, 0.2) is 5.16 Å². The first-order chi connectivity index (χ1) is 9.19. The van der Waals surface area contributed by atoms with Gasteiger partial charge < -0.3 is 4.74 Å². The highest BCUT2D eigenvalue weighted by Gasteiger charge is 2.04. The van der Waals surface area contributed by atoms with E-state index in [1.807, 2.05) is 30.3 Å². The highest BCUT2D eigenvalue weighted by atomic mass is 32.2. The Morgan fingerprint density at radius 2 is 2.00 bits per heavy atom. The van der Waals surface area contributed by atoms with Crippen molar-refractivity contribution in [2.75, 3.05) is 12.9 Å². The summed E-state index contributed by atoms with van der Waals surface area (Å²) in [5.41, 5.74) is 1.83. The van der Waals surface area contributed by atoms with E-state index in [1.54, 1.807) is 20.2 Å². The minimum absolute atomic E-state index is 0.114. The number of ketones is 1. The number of rotatable bonds is 5. The molecule has 0 radical (unpaired) electrons. The summed E-state index contributed by atoms with van der Waals surface area (Å²) >= 11 is 1.35. The van der Waals surface area contributed by atoms with Gasteiger partial charge in [0, 0.05) is 11.8 Å². The number of hydrogen-bond donors (Lipinski definition) is 0. The molecule has 5 heteroatoms. The Labute approximate surface area is 116 Å². The third-order valence-electron chi connectivity index (χ3n) is 2.42. The zero-order valence-electron chi connectivity index (χ0n) is 10.8. The normalized spacial score (nSPS) is 10.2. The Hall–Kier alpha value is -1.88. The maximum absolute atomic E-state index is 11.0. The molecule has 0 bridgehead atoms. The Balaban J connectivity index is 2.19. The van der Waals surface area contributed by atoms with Gasteiger partial charge >= 0.3 is 0 Å². The lowest BCUT2D eigenvalue weighted by molar-refractivity contribution is -0.114. The first-order valence-corrected chi connectivity index (χ1v) is 6.77. The fourth-order valence-electron chi connectivity index (χ4n) is 1.50. The highest BCUT2D eigenvalue weighted by molar-refractivity contribution is 7.99. The Kier molecular flexibility index (Phi) is 4.52. The molecule has 1 aromatic carbocycles. The molecular weight excluding hydrogens is 260 g/mol. The lowest BCUT2D eigenvalue weighted by Gasteiger charge is -2.04. The fourth-order valence-corrected chi connectivity index (χ4v) is 2.13. The summed E-state index contributed by atoms with van der Waals surface area (Å²) < 4.78 is 5.12. The average molecular weight is 274 g/mol. The molecule has 19 heavy (non-hydrogen) atoms. The SMILES string of the molecule is COc1ccc(-c2ccnc(SCC(C)=O)n2)cc1. The molecule has 1 heterocycles. The minimum Gasteiger partial charge on any atom is -0.497 e. The van der Waals surface area contributed by atoms with Gasteiger partial charge in [0.1, 0.15) is 11.5 Å². The maximum atomic E-state index is 11.0. The Bertz CT molecular complexity index is 570. The summed E-state index contributed by atoms with van der Waals surface area (Å²) in [7, 11) is 1.64. The molecule has 2 aromatic rings. The number of Topliss-reactive ketones (excluding diaryl/α,β-unsaturated/α-hetero) is 1. The molecule has 0 aliphatic carbocycles. The average Bonchev–Trinajstić information content (AvgIpc) is 2.45. The van der Waals surface area contributed by atoms with Gasteiger partial charge in [0.25, 0.3) is 0 Å². The zero-order valence-corrected chi connectivity index (χ0v) is 11.6. The number of ether oxygens (including phenoxy) is 1. The summed E-state index contributed by atoms with van der Waals surface area (Å²) in [5.74, 6) is 1.32. The van der Waals surface area contributed by atoms with Crippen LogP contribution in [0.2, 0.25) is 0 Å². The van der Waals surface area contributed by atoms with Crippen LogP contribution in [0.1, 0.15) is 6.92 Å². The molecule has 0 aliphatic rings. The molecule has 1 aromatic heterocycles. The van der Waals surface area contributed by atoms with Gasteiger partial charge in [-0.1, -0.05) is 11.8 Å². The first kappa shape index (κ1) is 13.5. The second-order valence-electron chi connectivity index (χ2n) is 3.94. The van der Waals surface area contributed by atoms with Crippen LogP contribution < -0.4 is 4.74 Å². The van der Waals surface area contributed by atoms with Gasteiger partial charge in [-0.2, -0.15) is 0 Å². The van der Waals surface area contributed by atoms with Gasteiger partial charge in [-0.15, -0.1) is 0 Å². The van der Waals surface area contributed by atoms with Crippen molar-refractivity contribution in [3.8, 4) is 17.0 Å². The molecule has 0 saturated carbocycles. The standard InChI is InChI=1S/C14H14N2O2S/c1-10(17)9-19-14-15-8-7-13(16-14)11-3-5-12(18-2)6-4-11/h3-8H,9H2,1-2H3. The summed E-state index contributed by atoms with van der Waals surface area (Å²) in [6.45, 7) is 1.56. The molecule has 2 rings (SSSR count). The van der Waals surface area contributed by atoms with E-state index < -0.39 is 0 Å². The van der Waals surface area contributed by atoms with Crippen molar-refractivity contribution < 1.29 is 9.53 Å². The number of nitrogens with zero attached hydrogens (tertiary/aromatic N) is 2. The fraction of sp³-hybridized carbons (Fsp3) is 0.214. The van der Waals surface area contributed by atoms with Crippen molar-refractivity contribution >= 4 is 17.5 Å². The van der Waals surface area contributed by atoms with Crippen LogP contribution in [0.3, 0.4) is 0 Å². The van der Waals surface area contributed by atoms with Crippen LogP contribution in [0, 0.1) is 0 Å². The van der Waals surface area contributed by atoms with Gasteiger partial charge in [-0.25, -0.2) is 9.97 Å². The molecule has 0 N–H and O–H groups in total. The zero-order chi connectivity index (χ0) is 13.7. The summed E-state index contributed by atoms with van der Waals surface area (Å²) in [4.78, 5) is 19.5. The lowest BCUT2D eigenvalue weighted by atomic mass is 10.1. The van der Waals surface area contributed by atoms with Crippen LogP contribution in [0.25, 0.3) is 11.3 Å². The summed E-state index contributed by atoms with van der Waals surface area (Å²) in [6.07, 6.45) is 1.70. The molecule has 0 atom stereocenters. The third kappa shape index (κ3) is 3.79. The van der Waals surface area contributed by atoms with Gasteiger partial charge in [-0.3, -0.25) is 4.79 Å². The molecule has 0 aliphatic heterocycles. The van der Waals surface area contributed by atoms with Crippen molar-refractivity contribution in [3.63, 3.8) is 0 Å². The van der Waals surface area contributed by atoms with E-state index in [4.69, 9.17) is 4.74 Å². The monoisotopic (exact) mass is 274 g/mol. The summed E-state index contributed by atoms with van der Waals surface area (Å²) in [6, 6.07) is 9.51. The number of carbonyl (C=O) groups is 1. The van der Waals surface area contributed by atoms with Crippen molar-refractivity contribution in [1.82, 2.24) is 9.97 Å². The van der Waals surface area contributed by atoms with Crippen LogP contribution >= 0.6 is 11.8 Å². The predicted molar refractivity (Wildman–Crippen MR) is 75.4 cm³/mol. The largest absolute Gasteiger partial charge is 0.497 e. The van der Waals surface area contributed by atoms with Crippen molar-refractivity contribution in [2.45, 2.75) is 12.1 Å². The van der Waals surface area contributed by atoms with Crippen molar-refractivity contribution in [3.05, 3.63) is 36.5 Å². The predicted octanol–water partition coefficient (Wildman–Crippen LogP) is 2.83. The number of benzene rings is 1. The number of carbonyl (C=O) groups excluding carboxylic acids is 1. The van der Waals surface area contributed by atoms with E-state index >= 15 is 0 Å². The Morgan fingerprint density at radius 3 is 2.63 bits per heavy atom. The molecule has 0 unspecified atom stereocenters. The van der Waals surface area contributed by atoms with E-state index in [1.165, 1.54) is 11.8 Å². The van der Waals surface area contributed by atoms with Crippen LogP contribution in [0.5, 0.6) is 5.75 Å². The molecule has 0 spiro atoms. The van der Waals surface area contributed by atoms with E-state index in [0.29, 0.717) is 10.9 Å². The van der Waals surface area contributed by atoms with Crippen molar-refractivity contribution in [1.29, 1.82) is 0 Å². The van der Waals surface area contributed by atoms with E-state index in [9.17, 15) is 4.79 Å². The number of aromatic nitrogens is 2. The highest BCUT2D eigenvalue weighted by Crippen LogP contribution is 2.22. The lowest BCUT2D eigenvalue weighted by Crippen LogP contribution is -1.96. The molecule has 0 saturated heterocycles. The molecule has 0 fully saturated rings. The third-order valence-corrected chi connectivity index (χ3v) is 3.43. The number of methoxy groups -OCH3 is 1. The second kappa shape index (κ2) is 6.33. The topological polar surface area (TPSA) is 52.1 Å². The quantitative estimate of drug-likeness (QED) is 0.620. The van der Waals surface area contributed by atoms with Gasteiger partial charge in [0.05, 0.1) is 18.6 Å². The number of hydrogen-bond acceptors (Lipinski definition) is 5. The van der Waals surface area contributed by atoms with Crippen LogP contribution in [0.15, 0.2) is 41.7 Å². The molecular formula is C14H14N2O2S. The minimum atomic E-state index is 0.114. The van der Waals surface area contributed by atoms with Gasteiger partial charge in [-0.05, 0) is 37.3 Å². The van der Waals surface area contributed by atoms with Crippen molar-refractivity contribution in [2.24, 2.45) is 0 Å². The van der Waals surface area contributed by atoms with E-state index in [0.717, 1.165) is 17.0 Å². The molecule has 0 amide bonds. The maximum Gasteiger partial charge on any atom is 0.188 e. The number of thioether (sulfide) groups is 1. The van der Waals surface area contributed by atoms with Crippen LogP contribution in [-0.2, 0) is 4.79 Å². The van der Waals surface area contributed by atoms with Gasteiger partial charge in [0.2, 0.25) is 0 Å². The molecule has 98 valence electrons. The molecule has 4 nitrogen and oxygen atoms in total.